The summed E-state index contributed by atoms with van der Waals surface area (Å²) in [4.78, 5) is 39.1. The summed E-state index contributed by atoms with van der Waals surface area (Å²) in [7, 11) is 4.74. The van der Waals surface area contributed by atoms with Gasteiger partial charge in [-0.2, -0.15) is 0 Å². The number of methoxy groups -OCH3 is 1. The summed E-state index contributed by atoms with van der Waals surface area (Å²) in [5.74, 6) is -0.788. The second-order valence-electron chi connectivity index (χ2n) is 7.28. The number of ether oxygens (including phenoxy) is 1. The molecule has 0 radical (unpaired) electrons. The molecule has 1 unspecified atom stereocenters. The van der Waals surface area contributed by atoms with E-state index in [9.17, 15) is 14.4 Å². The Morgan fingerprint density at radius 1 is 1.03 bits per heavy atom. The van der Waals surface area contributed by atoms with E-state index in [1.807, 2.05) is 13.8 Å². The Morgan fingerprint density at radius 3 is 2.27 bits per heavy atom. The van der Waals surface area contributed by atoms with E-state index >= 15 is 0 Å². The topological polar surface area (TPSA) is 87.7 Å². The van der Waals surface area contributed by atoms with Gasteiger partial charge in [-0.15, -0.1) is 0 Å². The summed E-state index contributed by atoms with van der Waals surface area (Å²) in [5.41, 5.74) is 1.11. The van der Waals surface area contributed by atoms with E-state index in [1.54, 1.807) is 50.5 Å². The fourth-order valence-electron chi connectivity index (χ4n) is 2.81. The van der Waals surface area contributed by atoms with Crippen LogP contribution in [0.5, 0.6) is 5.75 Å². The lowest BCUT2D eigenvalue weighted by molar-refractivity contribution is -0.118. The lowest BCUT2D eigenvalue weighted by Gasteiger charge is -2.22. The molecule has 0 aromatic heterocycles. The van der Waals surface area contributed by atoms with E-state index < -0.39 is 17.9 Å². The summed E-state index contributed by atoms with van der Waals surface area (Å²) in [6.45, 7) is 3.66. The molecule has 0 aliphatic carbocycles. The van der Waals surface area contributed by atoms with Gasteiger partial charge in [-0.25, -0.2) is 0 Å². The van der Waals surface area contributed by atoms with E-state index in [0.717, 1.165) is 0 Å². The number of hydrogen-bond donors (Lipinski definition) is 2. The average molecular weight is 432 g/mol. The molecule has 0 fully saturated rings. The van der Waals surface area contributed by atoms with Crippen molar-refractivity contribution in [3.05, 3.63) is 58.6 Å². The highest BCUT2D eigenvalue weighted by atomic mass is 35.5. The number of para-hydroxylation sites is 1. The minimum atomic E-state index is -0.788. The maximum atomic E-state index is 12.8. The van der Waals surface area contributed by atoms with Crippen LogP contribution in [0.15, 0.2) is 42.5 Å². The molecule has 0 bridgehead atoms. The lowest BCUT2D eigenvalue weighted by atomic mass is 10.0. The number of benzene rings is 2. The number of nitrogens with one attached hydrogen (secondary N) is 2. The zero-order valence-corrected chi connectivity index (χ0v) is 18.4. The number of hydrogen-bond acceptors (Lipinski definition) is 4. The molecule has 8 heteroatoms. The Bertz CT molecular complexity index is 944. The molecule has 0 saturated heterocycles. The summed E-state index contributed by atoms with van der Waals surface area (Å²) < 4.78 is 5.22. The van der Waals surface area contributed by atoms with Gasteiger partial charge in [0.2, 0.25) is 5.91 Å². The minimum absolute atomic E-state index is 0.172. The molecule has 2 N–H and O–H groups in total. The minimum Gasteiger partial charge on any atom is -0.496 e. The highest BCUT2D eigenvalue weighted by molar-refractivity contribution is 6.34. The van der Waals surface area contributed by atoms with E-state index in [1.165, 1.54) is 18.1 Å². The Hall–Kier alpha value is -3.06. The highest BCUT2D eigenvalue weighted by Crippen LogP contribution is 2.23. The molecule has 2 rings (SSSR count). The van der Waals surface area contributed by atoms with Crippen molar-refractivity contribution in [1.82, 2.24) is 10.2 Å². The second-order valence-corrected chi connectivity index (χ2v) is 7.69. The molecule has 160 valence electrons. The maximum Gasteiger partial charge on any atom is 0.255 e. The van der Waals surface area contributed by atoms with Crippen LogP contribution >= 0.6 is 11.6 Å². The van der Waals surface area contributed by atoms with E-state index in [-0.39, 0.29) is 16.8 Å². The van der Waals surface area contributed by atoms with Gasteiger partial charge < -0.3 is 20.3 Å². The number of halogens is 1. The molecule has 2 aromatic carbocycles. The van der Waals surface area contributed by atoms with Crippen LogP contribution in [-0.2, 0) is 4.79 Å². The van der Waals surface area contributed by atoms with Gasteiger partial charge >= 0.3 is 0 Å². The van der Waals surface area contributed by atoms with Gasteiger partial charge in [0.05, 0.1) is 23.3 Å². The first-order valence-electron chi connectivity index (χ1n) is 9.41. The summed E-state index contributed by atoms with van der Waals surface area (Å²) in [6, 6.07) is 10.7. The zero-order valence-electron chi connectivity index (χ0n) is 17.7. The fourth-order valence-corrected chi connectivity index (χ4v) is 3.07. The van der Waals surface area contributed by atoms with Crippen LogP contribution in [-0.4, -0.2) is 49.9 Å². The number of rotatable bonds is 7. The van der Waals surface area contributed by atoms with Crippen molar-refractivity contribution >= 4 is 35.0 Å². The smallest absolute Gasteiger partial charge is 0.255 e. The highest BCUT2D eigenvalue weighted by Gasteiger charge is 2.26. The predicted molar refractivity (Wildman–Crippen MR) is 117 cm³/mol. The van der Waals surface area contributed by atoms with Gasteiger partial charge in [0.15, 0.2) is 0 Å². The first-order chi connectivity index (χ1) is 14.1. The monoisotopic (exact) mass is 431 g/mol. The van der Waals surface area contributed by atoms with Crippen molar-refractivity contribution in [3.8, 4) is 5.75 Å². The van der Waals surface area contributed by atoms with Gasteiger partial charge in [0.25, 0.3) is 11.8 Å². The van der Waals surface area contributed by atoms with Crippen LogP contribution in [0.3, 0.4) is 0 Å². The Kier molecular flexibility index (Phi) is 7.83. The van der Waals surface area contributed by atoms with E-state index in [0.29, 0.717) is 22.6 Å². The molecule has 3 amide bonds. The third kappa shape index (κ3) is 5.51. The van der Waals surface area contributed by atoms with Gasteiger partial charge in [0, 0.05) is 19.8 Å². The number of anilines is 1. The quantitative estimate of drug-likeness (QED) is 0.702. The van der Waals surface area contributed by atoms with E-state index in [2.05, 4.69) is 10.6 Å². The van der Waals surface area contributed by atoms with E-state index in [4.69, 9.17) is 16.3 Å². The summed E-state index contributed by atoms with van der Waals surface area (Å²) >= 11 is 6.21. The molecule has 1 atom stereocenters. The third-order valence-electron chi connectivity index (χ3n) is 4.46. The molecule has 0 saturated carbocycles. The molecule has 7 nitrogen and oxygen atoms in total. The second kappa shape index (κ2) is 10.1. The molecule has 2 aromatic rings. The van der Waals surface area contributed by atoms with Crippen LogP contribution in [0.25, 0.3) is 0 Å². The van der Waals surface area contributed by atoms with Gasteiger partial charge in [-0.1, -0.05) is 37.6 Å². The van der Waals surface area contributed by atoms with Gasteiger partial charge in [-0.3, -0.25) is 14.4 Å². The lowest BCUT2D eigenvalue weighted by Crippen LogP contribution is -2.47. The molecule has 0 aliphatic heterocycles. The number of carbonyl (C=O) groups is 3. The van der Waals surface area contributed by atoms with Crippen LogP contribution in [0.4, 0.5) is 5.69 Å². The standard InChI is InChI=1S/C22H26ClN3O4/c1-13(2)19(25-20(27)16-8-6-7-9-18(16)30-5)21(28)24-14-10-11-15(17(23)12-14)22(29)26(3)4/h6-13,19H,1-5H3,(H,24,28)(H,25,27). The van der Waals surface area contributed by atoms with Gasteiger partial charge in [-0.05, 0) is 36.2 Å². The van der Waals surface area contributed by atoms with Crippen LogP contribution in [0.2, 0.25) is 5.02 Å². The fraction of sp³-hybridized carbons (Fsp3) is 0.318. The van der Waals surface area contributed by atoms with Crippen molar-refractivity contribution in [3.63, 3.8) is 0 Å². The molecule has 30 heavy (non-hydrogen) atoms. The van der Waals surface area contributed by atoms with Crippen molar-refractivity contribution in [2.24, 2.45) is 5.92 Å². The Morgan fingerprint density at radius 2 is 1.70 bits per heavy atom. The maximum absolute atomic E-state index is 12.8. The SMILES string of the molecule is COc1ccccc1C(=O)NC(C(=O)Nc1ccc(C(=O)N(C)C)c(Cl)c1)C(C)C. The van der Waals surface area contributed by atoms with Crippen molar-refractivity contribution in [2.45, 2.75) is 19.9 Å². The normalized spacial score (nSPS) is 11.6. The molecular weight excluding hydrogens is 406 g/mol. The largest absolute Gasteiger partial charge is 0.496 e. The van der Waals surface area contributed by atoms with Crippen molar-refractivity contribution in [1.29, 1.82) is 0 Å². The summed E-state index contributed by atoms with van der Waals surface area (Å²) in [5, 5.41) is 5.74. The first kappa shape index (κ1) is 23.2. The first-order valence-corrected chi connectivity index (χ1v) is 9.79. The Labute approximate surface area is 181 Å². The molecule has 0 heterocycles. The molecule has 0 spiro atoms. The van der Waals surface area contributed by atoms with Crippen LogP contribution in [0.1, 0.15) is 34.6 Å². The van der Waals surface area contributed by atoms with Crippen LogP contribution < -0.4 is 15.4 Å². The van der Waals surface area contributed by atoms with Crippen LogP contribution in [0, 0.1) is 5.92 Å². The van der Waals surface area contributed by atoms with Gasteiger partial charge in [0.1, 0.15) is 11.8 Å². The number of amides is 3. The van der Waals surface area contributed by atoms with Crippen molar-refractivity contribution < 1.29 is 19.1 Å². The average Bonchev–Trinajstić information content (AvgIpc) is 2.70. The Balaban J connectivity index is 2.17. The van der Waals surface area contributed by atoms with Crippen molar-refractivity contribution in [2.75, 3.05) is 26.5 Å². The number of carbonyl (C=O) groups excluding carboxylic acids is 3. The molecular formula is C22H26ClN3O4. The third-order valence-corrected chi connectivity index (χ3v) is 4.77. The molecule has 0 aliphatic rings. The zero-order chi connectivity index (χ0) is 22.4. The predicted octanol–water partition coefficient (Wildman–Crippen LogP) is 3.44. The number of nitrogens with zero attached hydrogens (tertiary/aromatic N) is 1. The summed E-state index contributed by atoms with van der Waals surface area (Å²) in [6.07, 6.45) is 0.